The first-order valence-electron chi connectivity index (χ1n) is 4.70. The van der Waals surface area contributed by atoms with E-state index in [2.05, 4.69) is 4.74 Å². The lowest BCUT2D eigenvalue weighted by Gasteiger charge is -2.45. The zero-order valence-corrected chi connectivity index (χ0v) is 8.74. The van der Waals surface area contributed by atoms with Crippen LogP contribution in [0.5, 0.6) is 0 Å². The highest BCUT2D eigenvalue weighted by molar-refractivity contribution is 5.66. The average molecular weight is 236 g/mol. The van der Waals surface area contributed by atoms with Crippen molar-refractivity contribution in [3.8, 4) is 0 Å². The maximum Gasteiger partial charge on any atom is 0.306 e. The fourth-order valence-corrected chi connectivity index (χ4v) is 1.52. The molecule has 7 N–H and O–H groups in total. The standard InChI is InChI=1S/C8H16N2O6/c1-3(12)15-8(10)7(9)6(14)5(13)4(2-11)16-8/h4-7,11,13-14H,2,9-10H2,1H3/t4-,5-,6+,7-,8?/m1/s1. The lowest BCUT2D eigenvalue weighted by Crippen LogP contribution is -2.73. The molecule has 94 valence electrons. The Hall–Kier alpha value is -0.770. The third-order valence-electron chi connectivity index (χ3n) is 2.38. The van der Waals surface area contributed by atoms with Gasteiger partial charge in [0.2, 0.25) is 0 Å². The van der Waals surface area contributed by atoms with Gasteiger partial charge in [-0.1, -0.05) is 0 Å². The summed E-state index contributed by atoms with van der Waals surface area (Å²) in [6, 6.07) is -1.31. The van der Waals surface area contributed by atoms with Gasteiger partial charge in [-0.15, -0.1) is 0 Å². The van der Waals surface area contributed by atoms with Crippen LogP contribution in [0.25, 0.3) is 0 Å². The van der Waals surface area contributed by atoms with E-state index in [1.165, 1.54) is 0 Å². The van der Waals surface area contributed by atoms with Crippen molar-refractivity contribution in [2.45, 2.75) is 37.2 Å². The van der Waals surface area contributed by atoms with Gasteiger partial charge in [-0.05, 0) is 0 Å². The molecular formula is C8H16N2O6. The second kappa shape index (κ2) is 4.62. The molecule has 8 nitrogen and oxygen atoms in total. The van der Waals surface area contributed by atoms with Gasteiger partial charge in [0.25, 0.3) is 5.91 Å². The van der Waals surface area contributed by atoms with Crippen LogP contribution in [0, 0.1) is 0 Å². The zero-order chi connectivity index (χ0) is 12.5. The molecule has 1 unspecified atom stereocenters. The molecule has 5 atom stereocenters. The Morgan fingerprint density at radius 2 is 2.06 bits per heavy atom. The molecule has 0 spiro atoms. The molecule has 0 aliphatic carbocycles. The first-order valence-corrected chi connectivity index (χ1v) is 4.70. The number of ether oxygens (including phenoxy) is 2. The molecule has 0 radical (unpaired) electrons. The predicted molar refractivity (Wildman–Crippen MR) is 50.6 cm³/mol. The number of nitrogens with two attached hydrogens (primary N) is 2. The predicted octanol–water partition coefficient (Wildman–Crippen LogP) is -3.40. The van der Waals surface area contributed by atoms with Gasteiger partial charge in [-0.3, -0.25) is 10.5 Å². The molecule has 0 amide bonds. The van der Waals surface area contributed by atoms with Crippen molar-refractivity contribution in [1.82, 2.24) is 0 Å². The van der Waals surface area contributed by atoms with E-state index in [4.69, 9.17) is 21.3 Å². The summed E-state index contributed by atoms with van der Waals surface area (Å²) >= 11 is 0. The van der Waals surface area contributed by atoms with Crippen molar-refractivity contribution in [3.05, 3.63) is 0 Å². The lowest BCUT2D eigenvalue weighted by atomic mass is 9.95. The fraction of sp³-hybridized carbons (Fsp3) is 0.875. The number of hydrogen-bond acceptors (Lipinski definition) is 8. The minimum Gasteiger partial charge on any atom is -0.417 e. The summed E-state index contributed by atoms with van der Waals surface area (Å²) in [6.45, 7) is 0.501. The molecule has 0 aromatic rings. The van der Waals surface area contributed by atoms with Gasteiger partial charge < -0.3 is 30.5 Å². The van der Waals surface area contributed by atoms with E-state index < -0.39 is 42.8 Å². The summed E-state index contributed by atoms with van der Waals surface area (Å²) in [5.74, 6) is -2.81. The second-order valence-corrected chi connectivity index (χ2v) is 3.66. The number of aliphatic hydroxyl groups is 3. The Morgan fingerprint density at radius 1 is 1.50 bits per heavy atom. The summed E-state index contributed by atoms with van der Waals surface area (Å²) in [6.07, 6.45) is -4.03. The third kappa shape index (κ3) is 2.32. The van der Waals surface area contributed by atoms with E-state index in [-0.39, 0.29) is 0 Å². The molecule has 1 heterocycles. The van der Waals surface area contributed by atoms with Crippen LogP contribution in [0.4, 0.5) is 0 Å². The van der Waals surface area contributed by atoms with E-state index in [0.717, 1.165) is 6.92 Å². The summed E-state index contributed by atoms with van der Waals surface area (Å²) in [5.41, 5.74) is 11.0. The number of aliphatic hydroxyl groups excluding tert-OH is 3. The smallest absolute Gasteiger partial charge is 0.306 e. The van der Waals surface area contributed by atoms with E-state index in [1.807, 2.05) is 0 Å². The van der Waals surface area contributed by atoms with Crippen molar-refractivity contribution in [1.29, 1.82) is 0 Å². The quantitative estimate of drug-likeness (QED) is 0.246. The Labute approximate surface area is 91.7 Å². The van der Waals surface area contributed by atoms with E-state index in [9.17, 15) is 15.0 Å². The number of carbonyl (C=O) groups is 1. The fourth-order valence-electron chi connectivity index (χ4n) is 1.52. The van der Waals surface area contributed by atoms with Crippen LogP contribution in [-0.2, 0) is 14.3 Å². The molecule has 8 heteroatoms. The molecule has 1 aliphatic heterocycles. The highest BCUT2D eigenvalue weighted by atomic mass is 16.7. The Balaban J connectivity index is 2.89. The highest BCUT2D eigenvalue weighted by Gasteiger charge is 2.52. The monoisotopic (exact) mass is 236 g/mol. The maximum atomic E-state index is 10.8. The molecule has 0 aromatic carbocycles. The van der Waals surface area contributed by atoms with Gasteiger partial charge in [-0.25, -0.2) is 0 Å². The Morgan fingerprint density at radius 3 is 2.50 bits per heavy atom. The SMILES string of the molecule is CC(=O)OC1(N)O[C@H](CO)[C@@H](O)[C@H](O)[C@H]1N. The van der Waals surface area contributed by atoms with Crippen molar-refractivity contribution < 1.29 is 29.6 Å². The van der Waals surface area contributed by atoms with E-state index in [1.54, 1.807) is 0 Å². The minimum absolute atomic E-state index is 0.592. The van der Waals surface area contributed by atoms with Crippen LogP contribution in [0.1, 0.15) is 6.92 Å². The summed E-state index contributed by atoms with van der Waals surface area (Å²) in [4.78, 5) is 10.8. The van der Waals surface area contributed by atoms with E-state index >= 15 is 0 Å². The third-order valence-corrected chi connectivity index (χ3v) is 2.38. The number of hydrogen-bond donors (Lipinski definition) is 5. The van der Waals surface area contributed by atoms with Crippen LogP contribution >= 0.6 is 0 Å². The number of carbonyl (C=O) groups excluding carboxylic acids is 1. The van der Waals surface area contributed by atoms with Crippen LogP contribution in [0.2, 0.25) is 0 Å². The van der Waals surface area contributed by atoms with Gasteiger partial charge in [0.1, 0.15) is 24.4 Å². The molecule has 1 aliphatic rings. The summed E-state index contributed by atoms with van der Waals surface area (Å²) < 4.78 is 9.63. The van der Waals surface area contributed by atoms with Gasteiger partial charge in [-0.2, -0.15) is 0 Å². The first-order chi connectivity index (χ1) is 7.31. The largest absolute Gasteiger partial charge is 0.417 e. The number of esters is 1. The van der Waals surface area contributed by atoms with Crippen molar-refractivity contribution in [2.24, 2.45) is 11.5 Å². The van der Waals surface area contributed by atoms with Gasteiger partial charge in [0.05, 0.1) is 6.61 Å². The maximum absolute atomic E-state index is 10.8. The first kappa shape index (κ1) is 13.3. The minimum atomic E-state index is -2.06. The van der Waals surface area contributed by atoms with Crippen LogP contribution in [-0.4, -0.2) is 58.2 Å². The van der Waals surface area contributed by atoms with Gasteiger partial charge in [0, 0.05) is 6.92 Å². The zero-order valence-electron chi connectivity index (χ0n) is 8.74. The normalized spacial score (nSPS) is 44.1. The van der Waals surface area contributed by atoms with Crippen molar-refractivity contribution >= 4 is 5.97 Å². The van der Waals surface area contributed by atoms with Crippen molar-refractivity contribution in [2.75, 3.05) is 6.61 Å². The van der Waals surface area contributed by atoms with E-state index in [0.29, 0.717) is 0 Å². The average Bonchev–Trinajstić information content (AvgIpc) is 2.20. The highest BCUT2D eigenvalue weighted by Crippen LogP contribution is 2.26. The van der Waals surface area contributed by atoms with Crippen LogP contribution in [0.15, 0.2) is 0 Å². The van der Waals surface area contributed by atoms with Crippen LogP contribution < -0.4 is 11.5 Å². The molecule has 1 fully saturated rings. The summed E-state index contributed by atoms with van der Waals surface area (Å²) in [7, 11) is 0. The molecule has 0 saturated carbocycles. The topological polar surface area (TPSA) is 148 Å². The Bertz CT molecular complexity index is 273. The van der Waals surface area contributed by atoms with Gasteiger partial charge >= 0.3 is 5.97 Å². The van der Waals surface area contributed by atoms with Gasteiger partial charge in [0.15, 0.2) is 0 Å². The van der Waals surface area contributed by atoms with Crippen LogP contribution in [0.3, 0.4) is 0 Å². The Kier molecular flexibility index (Phi) is 3.84. The number of rotatable bonds is 2. The summed E-state index contributed by atoms with van der Waals surface area (Å²) in [5, 5.41) is 27.9. The lowest BCUT2D eigenvalue weighted by molar-refractivity contribution is -0.316. The molecule has 0 bridgehead atoms. The molecular weight excluding hydrogens is 220 g/mol. The van der Waals surface area contributed by atoms with Crippen molar-refractivity contribution in [3.63, 3.8) is 0 Å². The molecule has 1 saturated heterocycles. The molecule has 0 aromatic heterocycles. The molecule has 1 rings (SSSR count). The second-order valence-electron chi connectivity index (χ2n) is 3.66. The molecule has 16 heavy (non-hydrogen) atoms.